The number of ether oxygens (including phenoxy) is 2. The number of benzene rings is 1. The highest BCUT2D eigenvalue weighted by molar-refractivity contribution is 8.00. The number of nitrogens with zero attached hydrogens (tertiary/aromatic N) is 2. The van der Waals surface area contributed by atoms with Crippen molar-refractivity contribution >= 4 is 17.7 Å². The second kappa shape index (κ2) is 8.47. The fourth-order valence-electron chi connectivity index (χ4n) is 2.93. The predicted octanol–water partition coefficient (Wildman–Crippen LogP) is 4.13. The number of thioether (sulfide) groups is 1. The van der Waals surface area contributed by atoms with E-state index in [1.54, 1.807) is 0 Å². The summed E-state index contributed by atoms with van der Waals surface area (Å²) in [5.74, 6) is 1.57. The number of carbonyl (C=O) groups excluding carboxylic acids is 1. The average molecular weight is 404 g/mol. The van der Waals surface area contributed by atoms with E-state index in [4.69, 9.17) is 9.47 Å². The molecule has 0 bridgehead atoms. The molecule has 1 amide bonds. The van der Waals surface area contributed by atoms with Crippen molar-refractivity contribution in [2.75, 3.05) is 13.2 Å². The van der Waals surface area contributed by atoms with Gasteiger partial charge in [0.05, 0.1) is 17.1 Å². The molecule has 152 valence electrons. The minimum Gasteiger partial charge on any atom is -0.486 e. The molecule has 1 aliphatic rings. The van der Waals surface area contributed by atoms with E-state index >= 15 is 0 Å². The van der Waals surface area contributed by atoms with E-state index in [1.165, 1.54) is 11.8 Å². The summed E-state index contributed by atoms with van der Waals surface area (Å²) >= 11 is 1.48. The van der Waals surface area contributed by atoms with Gasteiger partial charge in [-0.1, -0.05) is 18.7 Å². The van der Waals surface area contributed by atoms with Crippen molar-refractivity contribution in [3.05, 3.63) is 24.4 Å². The summed E-state index contributed by atoms with van der Waals surface area (Å²) in [5, 5.41) is 3.72. The summed E-state index contributed by atoms with van der Waals surface area (Å²) in [5.41, 5.74) is 1.82. The number of carbonyl (C=O) groups is 1. The average Bonchev–Trinajstić information content (AvgIpc) is 3.09. The number of amides is 1. The van der Waals surface area contributed by atoms with E-state index in [1.807, 2.05) is 45.2 Å². The van der Waals surface area contributed by atoms with Gasteiger partial charge in [-0.3, -0.25) is 4.79 Å². The number of hydrogen-bond donors (Lipinski definition) is 1. The van der Waals surface area contributed by atoms with Crippen LogP contribution < -0.4 is 14.8 Å². The van der Waals surface area contributed by atoms with E-state index < -0.39 is 0 Å². The lowest BCUT2D eigenvalue weighted by molar-refractivity contribution is -0.121. The van der Waals surface area contributed by atoms with Gasteiger partial charge in [-0.15, -0.1) is 0 Å². The molecule has 3 rings (SSSR count). The van der Waals surface area contributed by atoms with Gasteiger partial charge < -0.3 is 19.4 Å². The molecule has 0 aliphatic carbocycles. The Bertz CT molecular complexity index is 847. The van der Waals surface area contributed by atoms with Gasteiger partial charge in [-0.2, -0.15) is 0 Å². The SMILES string of the molecule is CCn1c(-c2ccc3c(c2)OCCO3)cnc1SC(C)C(=O)NC(C)(C)CC. The van der Waals surface area contributed by atoms with Crippen LogP contribution in [0.1, 0.15) is 41.0 Å². The Morgan fingerprint density at radius 1 is 1.29 bits per heavy atom. The summed E-state index contributed by atoms with van der Waals surface area (Å²) in [6, 6.07) is 5.95. The maximum atomic E-state index is 12.6. The largest absolute Gasteiger partial charge is 0.486 e. The topological polar surface area (TPSA) is 65.4 Å². The molecule has 0 saturated carbocycles. The van der Waals surface area contributed by atoms with Gasteiger partial charge in [-0.05, 0) is 52.3 Å². The fourth-order valence-corrected chi connectivity index (χ4v) is 3.88. The minimum absolute atomic E-state index is 0.0309. The Morgan fingerprint density at radius 3 is 2.68 bits per heavy atom. The molecule has 2 heterocycles. The molecule has 0 spiro atoms. The van der Waals surface area contributed by atoms with Gasteiger partial charge in [0.15, 0.2) is 16.7 Å². The number of aromatic nitrogens is 2. The third-order valence-electron chi connectivity index (χ3n) is 4.97. The van der Waals surface area contributed by atoms with Crippen LogP contribution in [0.4, 0.5) is 0 Å². The fraction of sp³-hybridized carbons (Fsp3) is 0.524. The number of nitrogens with one attached hydrogen (secondary N) is 1. The van der Waals surface area contributed by atoms with Crippen LogP contribution in [0.25, 0.3) is 11.3 Å². The van der Waals surface area contributed by atoms with Crippen molar-refractivity contribution in [3.63, 3.8) is 0 Å². The molecule has 2 aromatic rings. The first kappa shape index (κ1) is 20.6. The van der Waals surface area contributed by atoms with Crippen molar-refractivity contribution in [3.8, 4) is 22.8 Å². The molecule has 0 radical (unpaired) electrons. The zero-order valence-corrected chi connectivity index (χ0v) is 18.1. The lowest BCUT2D eigenvalue weighted by Crippen LogP contribution is -2.46. The Balaban J connectivity index is 1.80. The van der Waals surface area contributed by atoms with E-state index in [0.29, 0.717) is 13.2 Å². The van der Waals surface area contributed by atoms with E-state index in [9.17, 15) is 4.79 Å². The lowest BCUT2D eigenvalue weighted by Gasteiger charge is -2.26. The summed E-state index contributed by atoms with van der Waals surface area (Å²) in [6.45, 7) is 12.1. The van der Waals surface area contributed by atoms with Crippen LogP contribution in [-0.4, -0.2) is 39.5 Å². The molecule has 1 aromatic heterocycles. The first-order valence-corrected chi connectivity index (χ1v) is 10.7. The van der Waals surface area contributed by atoms with E-state index in [2.05, 4.69) is 28.7 Å². The molecular formula is C21H29N3O3S. The first-order valence-electron chi connectivity index (χ1n) is 9.79. The van der Waals surface area contributed by atoms with Crippen molar-refractivity contribution in [1.82, 2.24) is 14.9 Å². The van der Waals surface area contributed by atoms with Crippen LogP contribution in [0.5, 0.6) is 11.5 Å². The Hall–Kier alpha value is -2.15. The van der Waals surface area contributed by atoms with Crippen LogP contribution in [0.2, 0.25) is 0 Å². The predicted molar refractivity (Wildman–Crippen MR) is 112 cm³/mol. The van der Waals surface area contributed by atoms with Crippen molar-refractivity contribution in [1.29, 1.82) is 0 Å². The molecule has 1 aliphatic heterocycles. The van der Waals surface area contributed by atoms with Gasteiger partial charge >= 0.3 is 0 Å². The Kier molecular flexibility index (Phi) is 6.23. The van der Waals surface area contributed by atoms with Gasteiger partial charge in [0, 0.05) is 17.6 Å². The van der Waals surface area contributed by atoms with Crippen LogP contribution in [0.3, 0.4) is 0 Å². The molecule has 0 fully saturated rings. The minimum atomic E-state index is -0.230. The number of imidazole rings is 1. The zero-order chi connectivity index (χ0) is 20.3. The van der Waals surface area contributed by atoms with Crippen LogP contribution in [-0.2, 0) is 11.3 Å². The maximum Gasteiger partial charge on any atom is 0.233 e. The third kappa shape index (κ3) is 4.46. The molecule has 0 saturated heterocycles. The Morgan fingerprint density at radius 2 is 2.00 bits per heavy atom. The van der Waals surface area contributed by atoms with Crippen molar-refractivity contribution < 1.29 is 14.3 Å². The van der Waals surface area contributed by atoms with Crippen LogP contribution in [0, 0.1) is 0 Å². The summed E-state index contributed by atoms with van der Waals surface area (Å²) in [7, 11) is 0. The third-order valence-corrected chi connectivity index (χ3v) is 6.07. The highest BCUT2D eigenvalue weighted by atomic mass is 32.2. The Labute approximate surface area is 171 Å². The quantitative estimate of drug-likeness (QED) is 0.704. The number of fused-ring (bicyclic) bond motifs is 1. The lowest BCUT2D eigenvalue weighted by atomic mass is 10.0. The highest BCUT2D eigenvalue weighted by Crippen LogP contribution is 2.36. The van der Waals surface area contributed by atoms with Gasteiger partial charge in [0.25, 0.3) is 0 Å². The molecule has 1 N–H and O–H groups in total. The molecular weight excluding hydrogens is 374 g/mol. The second-order valence-corrected chi connectivity index (χ2v) is 8.82. The van der Waals surface area contributed by atoms with Gasteiger partial charge in [0.2, 0.25) is 5.91 Å². The molecule has 1 atom stereocenters. The monoisotopic (exact) mass is 403 g/mol. The molecule has 7 heteroatoms. The van der Waals surface area contributed by atoms with E-state index in [-0.39, 0.29) is 16.7 Å². The van der Waals surface area contributed by atoms with E-state index in [0.717, 1.165) is 40.9 Å². The van der Waals surface area contributed by atoms with Gasteiger partial charge in [0.1, 0.15) is 13.2 Å². The summed E-state index contributed by atoms with van der Waals surface area (Å²) in [4.78, 5) is 17.1. The number of rotatable bonds is 7. The molecule has 1 aromatic carbocycles. The van der Waals surface area contributed by atoms with Crippen LogP contribution in [0.15, 0.2) is 29.6 Å². The van der Waals surface area contributed by atoms with Gasteiger partial charge in [-0.25, -0.2) is 4.98 Å². The van der Waals surface area contributed by atoms with Crippen molar-refractivity contribution in [2.45, 2.75) is 63.5 Å². The van der Waals surface area contributed by atoms with Crippen LogP contribution >= 0.6 is 11.8 Å². The van der Waals surface area contributed by atoms with Crippen molar-refractivity contribution in [2.24, 2.45) is 0 Å². The summed E-state index contributed by atoms with van der Waals surface area (Å²) in [6.07, 6.45) is 2.74. The molecule has 1 unspecified atom stereocenters. The standard InChI is InChI=1S/C21H29N3O3S/c1-6-21(4,5)23-19(25)14(3)28-20-22-13-16(24(20)7-2)15-8-9-17-18(12-15)27-11-10-26-17/h8-9,12-14H,6-7,10-11H2,1-5H3,(H,23,25). The highest BCUT2D eigenvalue weighted by Gasteiger charge is 2.24. The summed E-state index contributed by atoms with van der Waals surface area (Å²) < 4.78 is 13.4. The normalized spacial score (nSPS) is 14.6. The molecule has 28 heavy (non-hydrogen) atoms. The second-order valence-electron chi connectivity index (χ2n) is 7.52. The zero-order valence-electron chi connectivity index (χ0n) is 17.2. The molecule has 6 nitrogen and oxygen atoms in total. The first-order chi connectivity index (χ1) is 13.3. The number of hydrogen-bond acceptors (Lipinski definition) is 5. The maximum absolute atomic E-state index is 12.6. The smallest absolute Gasteiger partial charge is 0.233 e.